The zero-order valence-electron chi connectivity index (χ0n) is 19.6. The topological polar surface area (TPSA) is 99.1 Å². The fraction of sp³-hybridized carbons (Fsp3) is 0.792. The summed E-state index contributed by atoms with van der Waals surface area (Å²) in [5.74, 6) is -1.79. The third-order valence-electron chi connectivity index (χ3n) is 5.62. The molecule has 0 heterocycles. The first-order valence-electron chi connectivity index (χ1n) is 11.6. The zero-order chi connectivity index (χ0) is 23.3. The highest BCUT2D eigenvalue weighted by Crippen LogP contribution is 2.38. The van der Waals surface area contributed by atoms with Gasteiger partial charge in [-0.25, -0.2) is 0 Å². The van der Waals surface area contributed by atoms with Gasteiger partial charge >= 0.3 is 17.9 Å². The van der Waals surface area contributed by atoms with Gasteiger partial charge in [0, 0.05) is 20.8 Å². The van der Waals surface area contributed by atoms with Crippen molar-refractivity contribution >= 4 is 17.9 Å². The Balaban J connectivity index is 2.72. The standard InChI is InChI=1S/C24H40O7/c1-5-6-7-8-9-10-11-12-13-14-15-22(29-18(2)25)24(31-20(4)27)21(28)16-17-23(24)30-19(3)26/h16-17,21-23,28H,5-15H2,1-4H3/t21?,22?,23-,24+/m1/s1. The first-order chi connectivity index (χ1) is 14.7. The molecule has 7 nitrogen and oxygen atoms in total. The molecule has 4 atom stereocenters. The molecule has 0 bridgehead atoms. The van der Waals surface area contributed by atoms with Gasteiger partial charge in [0.15, 0.2) is 6.10 Å². The van der Waals surface area contributed by atoms with Crippen molar-refractivity contribution < 1.29 is 33.7 Å². The average molecular weight is 441 g/mol. The van der Waals surface area contributed by atoms with Crippen LogP contribution in [-0.2, 0) is 28.6 Å². The van der Waals surface area contributed by atoms with E-state index in [9.17, 15) is 19.5 Å². The van der Waals surface area contributed by atoms with Crippen LogP contribution < -0.4 is 0 Å². The molecule has 7 heteroatoms. The van der Waals surface area contributed by atoms with Gasteiger partial charge in [-0.15, -0.1) is 0 Å². The van der Waals surface area contributed by atoms with E-state index in [0.717, 1.165) is 25.7 Å². The van der Waals surface area contributed by atoms with E-state index in [0.29, 0.717) is 6.42 Å². The maximum Gasteiger partial charge on any atom is 0.303 e. The summed E-state index contributed by atoms with van der Waals surface area (Å²) in [4.78, 5) is 35.2. The van der Waals surface area contributed by atoms with Crippen molar-refractivity contribution in [3.63, 3.8) is 0 Å². The molecule has 0 saturated carbocycles. The third-order valence-corrected chi connectivity index (χ3v) is 5.62. The second kappa shape index (κ2) is 14.2. The maximum absolute atomic E-state index is 11.9. The fourth-order valence-corrected chi connectivity index (χ4v) is 4.19. The van der Waals surface area contributed by atoms with Crippen LogP contribution in [-0.4, -0.2) is 46.9 Å². The summed E-state index contributed by atoms with van der Waals surface area (Å²) in [6.07, 6.45) is 11.6. The second-order valence-corrected chi connectivity index (χ2v) is 8.38. The Hall–Kier alpha value is -1.89. The van der Waals surface area contributed by atoms with Crippen molar-refractivity contribution in [3.05, 3.63) is 12.2 Å². The lowest BCUT2D eigenvalue weighted by Crippen LogP contribution is -2.61. The van der Waals surface area contributed by atoms with Crippen molar-refractivity contribution in [2.45, 2.75) is 122 Å². The molecule has 0 aliphatic heterocycles. The van der Waals surface area contributed by atoms with Gasteiger partial charge in [-0.1, -0.05) is 70.8 Å². The molecule has 0 aromatic rings. The van der Waals surface area contributed by atoms with Crippen molar-refractivity contribution in [2.75, 3.05) is 0 Å². The Morgan fingerprint density at radius 2 is 1.39 bits per heavy atom. The summed E-state index contributed by atoms with van der Waals surface area (Å²) in [6, 6.07) is 0. The quantitative estimate of drug-likeness (QED) is 0.174. The van der Waals surface area contributed by atoms with Gasteiger partial charge < -0.3 is 19.3 Å². The molecule has 0 radical (unpaired) electrons. The number of aliphatic hydroxyl groups excluding tert-OH is 1. The van der Waals surface area contributed by atoms with Crippen LogP contribution in [0.5, 0.6) is 0 Å². The Labute approximate surface area is 186 Å². The van der Waals surface area contributed by atoms with Gasteiger partial charge in [0.1, 0.15) is 12.2 Å². The number of aliphatic hydroxyl groups is 1. The van der Waals surface area contributed by atoms with Crippen LogP contribution in [0.15, 0.2) is 12.2 Å². The number of hydrogen-bond donors (Lipinski definition) is 1. The van der Waals surface area contributed by atoms with Crippen molar-refractivity contribution in [1.29, 1.82) is 0 Å². The van der Waals surface area contributed by atoms with Gasteiger partial charge in [0.05, 0.1) is 0 Å². The first-order valence-corrected chi connectivity index (χ1v) is 11.6. The lowest BCUT2D eigenvalue weighted by molar-refractivity contribution is -0.221. The summed E-state index contributed by atoms with van der Waals surface area (Å²) in [5, 5.41) is 10.7. The Kier molecular flexibility index (Phi) is 12.5. The minimum atomic E-state index is -1.68. The largest absolute Gasteiger partial charge is 0.458 e. The van der Waals surface area contributed by atoms with E-state index in [1.54, 1.807) is 0 Å². The average Bonchev–Trinajstić information content (AvgIpc) is 2.97. The van der Waals surface area contributed by atoms with Crippen LogP contribution in [0.4, 0.5) is 0 Å². The van der Waals surface area contributed by atoms with Crippen molar-refractivity contribution in [2.24, 2.45) is 0 Å². The molecule has 31 heavy (non-hydrogen) atoms. The molecular weight excluding hydrogens is 400 g/mol. The molecule has 0 aromatic heterocycles. The highest BCUT2D eigenvalue weighted by atomic mass is 16.6. The van der Waals surface area contributed by atoms with Crippen LogP contribution in [0.2, 0.25) is 0 Å². The number of esters is 3. The van der Waals surface area contributed by atoms with Gasteiger partial charge in [-0.2, -0.15) is 0 Å². The SMILES string of the molecule is CCCCCCCCCCCCC(OC(C)=O)[C@@]1(OC(C)=O)C(O)C=C[C@H]1OC(C)=O. The van der Waals surface area contributed by atoms with E-state index in [4.69, 9.17) is 14.2 Å². The van der Waals surface area contributed by atoms with E-state index < -0.39 is 41.8 Å². The maximum atomic E-state index is 11.9. The molecule has 0 amide bonds. The lowest BCUT2D eigenvalue weighted by Gasteiger charge is -2.41. The zero-order valence-corrected chi connectivity index (χ0v) is 19.6. The Bertz CT molecular complexity index is 601. The van der Waals surface area contributed by atoms with E-state index in [-0.39, 0.29) is 0 Å². The van der Waals surface area contributed by atoms with Crippen molar-refractivity contribution in [3.8, 4) is 0 Å². The van der Waals surface area contributed by atoms with E-state index in [2.05, 4.69) is 6.92 Å². The summed E-state index contributed by atoms with van der Waals surface area (Å²) in [6.45, 7) is 5.93. The van der Waals surface area contributed by atoms with E-state index in [1.165, 1.54) is 71.4 Å². The summed E-state index contributed by atoms with van der Waals surface area (Å²) >= 11 is 0. The second-order valence-electron chi connectivity index (χ2n) is 8.38. The molecule has 2 unspecified atom stereocenters. The Morgan fingerprint density at radius 3 is 1.87 bits per heavy atom. The Morgan fingerprint density at radius 1 is 0.839 bits per heavy atom. The number of carbonyl (C=O) groups is 3. The number of carbonyl (C=O) groups excluding carboxylic acids is 3. The predicted octanol–water partition coefficient (Wildman–Crippen LogP) is 4.39. The van der Waals surface area contributed by atoms with Crippen LogP contribution in [0.3, 0.4) is 0 Å². The van der Waals surface area contributed by atoms with Crippen LogP contribution >= 0.6 is 0 Å². The van der Waals surface area contributed by atoms with Gasteiger partial charge in [0.2, 0.25) is 5.60 Å². The molecule has 1 rings (SSSR count). The minimum Gasteiger partial charge on any atom is -0.458 e. The first kappa shape index (κ1) is 27.1. The molecular formula is C24H40O7. The smallest absolute Gasteiger partial charge is 0.303 e. The summed E-state index contributed by atoms with van der Waals surface area (Å²) in [5.41, 5.74) is -1.68. The molecule has 1 N–H and O–H groups in total. The third kappa shape index (κ3) is 9.01. The highest BCUT2D eigenvalue weighted by Gasteiger charge is 2.59. The van der Waals surface area contributed by atoms with Gasteiger partial charge in [0.25, 0.3) is 0 Å². The van der Waals surface area contributed by atoms with E-state index in [1.807, 2.05) is 0 Å². The molecule has 178 valence electrons. The van der Waals surface area contributed by atoms with Crippen LogP contribution in [0.25, 0.3) is 0 Å². The number of rotatable bonds is 15. The number of ether oxygens (including phenoxy) is 3. The van der Waals surface area contributed by atoms with Crippen LogP contribution in [0.1, 0.15) is 98.3 Å². The normalized spacial score (nSPS) is 23.4. The van der Waals surface area contributed by atoms with E-state index >= 15 is 0 Å². The summed E-state index contributed by atoms with van der Waals surface area (Å²) in [7, 11) is 0. The highest BCUT2D eigenvalue weighted by molar-refractivity contribution is 5.69. The number of hydrogen-bond acceptors (Lipinski definition) is 7. The van der Waals surface area contributed by atoms with Gasteiger partial charge in [-0.05, 0) is 18.9 Å². The molecule has 0 saturated heterocycles. The molecule has 0 fully saturated rings. The van der Waals surface area contributed by atoms with Crippen molar-refractivity contribution in [1.82, 2.24) is 0 Å². The lowest BCUT2D eigenvalue weighted by atomic mass is 9.85. The molecule has 0 aromatic carbocycles. The van der Waals surface area contributed by atoms with Gasteiger partial charge in [-0.3, -0.25) is 14.4 Å². The fourth-order valence-electron chi connectivity index (χ4n) is 4.19. The molecule has 0 spiro atoms. The van der Waals surface area contributed by atoms with Crippen LogP contribution in [0, 0.1) is 0 Å². The number of unbranched alkanes of at least 4 members (excludes halogenated alkanes) is 9. The monoisotopic (exact) mass is 440 g/mol. The minimum absolute atomic E-state index is 0.389. The summed E-state index contributed by atoms with van der Waals surface area (Å²) < 4.78 is 16.3. The predicted molar refractivity (Wildman–Crippen MR) is 117 cm³/mol. The molecule has 1 aliphatic rings. The molecule has 1 aliphatic carbocycles.